The van der Waals surface area contributed by atoms with E-state index in [2.05, 4.69) is 0 Å². The summed E-state index contributed by atoms with van der Waals surface area (Å²) in [7, 11) is 0. The van der Waals surface area contributed by atoms with Crippen LogP contribution in [0.3, 0.4) is 0 Å². The Morgan fingerprint density at radius 2 is 1.24 bits per heavy atom. The van der Waals surface area contributed by atoms with E-state index in [4.69, 9.17) is 4.74 Å². The number of carbonyl (C=O) groups excluding carboxylic acids is 2. The fourth-order valence-electron chi connectivity index (χ4n) is 4.27. The average molecular weight is 384 g/mol. The van der Waals surface area contributed by atoms with Gasteiger partial charge < -0.3 is 9.64 Å². The van der Waals surface area contributed by atoms with Gasteiger partial charge in [0.15, 0.2) is 0 Å². The van der Waals surface area contributed by atoms with Gasteiger partial charge in [0.1, 0.15) is 12.6 Å². The number of nitrogens with zero attached hydrogens (tertiary/aromatic N) is 2. The Kier molecular flexibility index (Phi) is 4.28. The second kappa shape index (κ2) is 7.09. The van der Waals surface area contributed by atoms with E-state index in [1.165, 1.54) is 0 Å². The molecule has 144 valence electrons. The molecule has 5 heteroatoms. The molecule has 2 aliphatic rings. The molecule has 2 aliphatic heterocycles. The van der Waals surface area contributed by atoms with E-state index in [0.29, 0.717) is 0 Å². The van der Waals surface area contributed by atoms with Crippen LogP contribution in [0.4, 0.5) is 10.5 Å². The number of hydrogen-bond acceptors (Lipinski definition) is 3. The lowest BCUT2D eigenvalue weighted by Gasteiger charge is -2.51. The Hall–Kier alpha value is -3.60. The minimum atomic E-state index is -0.599. The van der Waals surface area contributed by atoms with E-state index in [1.807, 2.05) is 91.0 Å². The number of cyclic esters (lactones) is 1. The Balaban J connectivity index is 1.56. The van der Waals surface area contributed by atoms with Gasteiger partial charge >= 0.3 is 6.09 Å². The van der Waals surface area contributed by atoms with Crippen LogP contribution in [0.5, 0.6) is 0 Å². The quantitative estimate of drug-likeness (QED) is 0.629. The lowest BCUT2D eigenvalue weighted by atomic mass is 9.85. The Morgan fingerprint density at radius 1 is 0.690 bits per heavy atom. The van der Waals surface area contributed by atoms with Gasteiger partial charge in [-0.1, -0.05) is 78.9 Å². The minimum Gasteiger partial charge on any atom is -0.447 e. The number of rotatable bonds is 4. The molecule has 0 N–H and O–H groups in total. The largest absolute Gasteiger partial charge is 0.447 e. The highest BCUT2D eigenvalue weighted by molar-refractivity contribution is 6.07. The molecule has 5 nitrogen and oxygen atoms in total. The summed E-state index contributed by atoms with van der Waals surface area (Å²) in [6, 6.07) is 28.0. The molecule has 0 radical (unpaired) electrons. The zero-order valence-electron chi connectivity index (χ0n) is 15.7. The first-order chi connectivity index (χ1) is 14.3. The van der Waals surface area contributed by atoms with Gasteiger partial charge in [-0.2, -0.15) is 0 Å². The fraction of sp³-hybridized carbons (Fsp3) is 0.167. The van der Waals surface area contributed by atoms with Crippen LogP contribution < -0.4 is 4.90 Å². The number of hydrogen-bond donors (Lipinski definition) is 0. The van der Waals surface area contributed by atoms with Crippen LogP contribution in [0.2, 0.25) is 0 Å². The summed E-state index contributed by atoms with van der Waals surface area (Å²) < 4.78 is 5.38. The van der Waals surface area contributed by atoms with Gasteiger partial charge in [-0.05, 0) is 23.3 Å². The van der Waals surface area contributed by atoms with Crippen LogP contribution in [-0.4, -0.2) is 29.5 Å². The van der Waals surface area contributed by atoms with Gasteiger partial charge in [0, 0.05) is 5.69 Å². The number of amides is 2. The Morgan fingerprint density at radius 3 is 1.86 bits per heavy atom. The molecule has 29 heavy (non-hydrogen) atoms. The van der Waals surface area contributed by atoms with Gasteiger partial charge in [0.25, 0.3) is 5.91 Å². The van der Waals surface area contributed by atoms with Crippen molar-refractivity contribution in [2.45, 2.75) is 18.1 Å². The molecule has 2 heterocycles. The van der Waals surface area contributed by atoms with Gasteiger partial charge in [-0.25, -0.2) is 4.79 Å². The fourth-order valence-corrected chi connectivity index (χ4v) is 4.27. The first-order valence-electron chi connectivity index (χ1n) is 9.69. The highest BCUT2D eigenvalue weighted by Gasteiger charge is 2.57. The highest BCUT2D eigenvalue weighted by Crippen LogP contribution is 2.45. The monoisotopic (exact) mass is 384 g/mol. The topological polar surface area (TPSA) is 49.9 Å². The number of anilines is 1. The molecular formula is C24H20N2O3. The third kappa shape index (κ3) is 2.86. The summed E-state index contributed by atoms with van der Waals surface area (Å²) in [5.74, 6) is -0.0927. The van der Waals surface area contributed by atoms with Crippen molar-refractivity contribution >= 4 is 17.7 Å². The zero-order chi connectivity index (χ0) is 19.8. The predicted octanol–water partition coefficient (Wildman–Crippen LogP) is 4.34. The van der Waals surface area contributed by atoms with E-state index >= 15 is 0 Å². The van der Waals surface area contributed by atoms with Crippen molar-refractivity contribution in [2.75, 3.05) is 11.5 Å². The molecule has 0 saturated carbocycles. The molecule has 3 aromatic rings. The second-order valence-corrected chi connectivity index (χ2v) is 7.25. The van der Waals surface area contributed by atoms with Crippen molar-refractivity contribution in [3.05, 3.63) is 102 Å². The van der Waals surface area contributed by atoms with Crippen LogP contribution in [0, 0.1) is 0 Å². The number of ether oxygens (including phenoxy) is 1. The number of carbonyl (C=O) groups is 2. The van der Waals surface area contributed by atoms with Crippen LogP contribution in [0.15, 0.2) is 91.0 Å². The first-order valence-corrected chi connectivity index (χ1v) is 9.69. The molecule has 2 amide bonds. The van der Waals surface area contributed by atoms with Gasteiger partial charge in [0.2, 0.25) is 0 Å². The summed E-state index contributed by atoms with van der Waals surface area (Å²) in [6.07, 6.45) is -0.439. The van der Waals surface area contributed by atoms with Gasteiger partial charge in [0.05, 0.1) is 12.1 Å². The maximum atomic E-state index is 13.3. The van der Waals surface area contributed by atoms with Crippen molar-refractivity contribution in [3.8, 4) is 0 Å². The summed E-state index contributed by atoms with van der Waals surface area (Å²) in [6.45, 7) is 0.249. The van der Waals surface area contributed by atoms with Crippen molar-refractivity contribution in [3.63, 3.8) is 0 Å². The number of benzene rings is 3. The van der Waals surface area contributed by atoms with Crippen molar-refractivity contribution in [1.29, 1.82) is 0 Å². The molecule has 3 aromatic carbocycles. The van der Waals surface area contributed by atoms with E-state index in [-0.39, 0.29) is 24.6 Å². The lowest BCUT2D eigenvalue weighted by Crippen LogP contribution is -2.66. The SMILES string of the molecule is O=C1[C@H](N2C(=O)OC[C@H]2c2ccccc2)[C@H](c2ccccc2)N1c1ccccc1. The average Bonchev–Trinajstić information content (AvgIpc) is 3.15. The summed E-state index contributed by atoms with van der Waals surface area (Å²) in [5.41, 5.74) is 2.79. The third-order valence-corrected chi connectivity index (χ3v) is 5.64. The van der Waals surface area contributed by atoms with Crippen LogP contribution in [0.25, 0.3) is 0 Å². The second-order valence-electron chi connectivity index (χ2n) is 7.25. The Bertz CT molecular complexity index is 1020. The molecule has 3 atom stereocenters. The molecule has 0 spiro atoms. The smallest absolute Gasteiger partial charge is 0.411 e. The summed E-state index contributed by atoms with van der Waals surface area (Å²) in [4.78, 5) is 29.4. The van der Waals surface area contributed by atoms with Gasteiger partial charge in [-0.15, -0.1) is 0 Å². The molecule has 5 rings (SSSR count). The number of β-lactam (4-membered cyclic amide) rings is 1. The van der Waals surface area contributed by atoms with Crippen molar-refractivity contribution in [1.82, 2.24) is 4.90 Å². The van der Waals surface area contributed by atoms with Crippen molar-refractivity contribution in [2.24, 2.45) is 0 Å². The van der Waals surface area contributed by atoms with E-state index in [1.54, 1.807) is 9.80 Å². The minimum absolute atomic E-state index is 0.0927. The number of para-hydroxylation sites is 1. The van der Waals surface area contributed by atoms with Crippen LogP contribution >= 0.6 is 0 Å². The van der Waals surface area contributed by atoms with E-state index in [9.17, 15) is 9.59 Å². The lowest BCUT2D eigenvalue weighted by molar-refractivity contribution is -0.131. The van der Waals surface area contributed by atoms with Crippen LogP contribution in [-0.2, 0) is 9.53 Å². The zero-order valence-corrected chi connectivity index (χ0v) is 15.7. The third-order valence-electron chi connectivity index (χ3n) is 5.64. The molecule has 0 aliphatic carbocycles. The van der Waals surface area contributed by atoms with E-state index < -0.39 is 12.1 Å². The summed E-state index contributed by atoms with van der Waals surface area (Å²) >= 11 is 0. The first kappa shape index (κ1) is 17.5. The normalized spacial score (nSPS) is 23.7. The molecule has 0 bridgehead atoms. The Labute approximate surface area is 169 Å². The molecule has 0 unspecified atom stereocenters. The van der Waals surface area contributed by atoms with Crippen LogP contribution in [0.1, 0.15) is 23.2 Å². The maximum absolute atomic E-state index is 13.3. The van der Waals surface area contributed by atoms with Crippen molar-refractivity contribution < 1.29 is 14.3 Å². The van der Waals surface area contributed by atoms with E-state index in [0.717, 1.165) is 16.8 Å². The molecular weight excluding hydrogens is 364 g/mol. The standard InChI is InChI=1S/C24H20N2O3/c27-23-22(26-20(16-29-24(26)28)17-10-4-1-5-11-17)21(18-12-6-2-7-13-18)25(23)19-14-8-3-9-15-19/h1-15,20-22H,16H2/t20-,21-,22+/m0/s1. The maximum Gasteiger partial charge on any atom is 0.411 e. The molecule has 2 fully saturated rings. The highest BCUT2D eigenvalue weighted by atomic mass is 16.6. The molecule has 2 saturated heterocycles. The summed E-state index contributed by atoms with van der Waals surface area (Å²) in [5, 5.41) is 0. The van der Waals surface area contributed by atoms with Gasteiger partial charge in [-0.3, -0.25) is 9.69 Å². The molecule has 0 aromatic heterocycles. The predicted molar refractivity (Wildman–Crippen MR) is 109 cm³/mol.